The van der Waals surface area contributed by atoms with E-state index in [0.29, 0.717) is 28.0 Å². The van der Waals surface area contributed by atoms with Crippen molar-refractivity contribution in [3.05, 3.63) is 57.1 Å². The quantitative estimate of drug-likeness (QED) is 0.303. The van der Waals surface area contributed by atoms with Gasteiger partial charge in [-0.1, -0.05) is 46.6 Å². The van der Waals surface area contributed by atoms with Gasteiger partial charge in [0, 0.05) is 27.0 Å². The number of benzene rings is 2. The standard InChI is InChI=1S/C22H19BrClN3O2S/c1-4-18-19(12-5-7-13(23)8-6-12)20-21(25-11-26-22(20)30-18)27-15-10-16(28-2)14(24)9-17(15)29-3/h5-11H,4H2,1-3H3,(H,25,26,27). The van der Waals surface area contributed by atoms with Gasteiger partial charge in [0.05, 0.1) is 30.3 Å². The molecule has 0 aliphatic heterocycles. The molecule has 2 aromatic heterocycles. The van der Waals surface area contributed by atoms with Crippen molar-refractivity contribution < 1.29 is 9.47 Å². The maximum absolute atomic E-state index is 6.26. The fourth-order valence-electron chi connectivity index (χ4n) is 3.33. The molecule has 4 rings (SSSR count). The van der Waals surface area contributed by atoms with Crippen molar-refractivity contribution >= 4 is 60.6 Å². The van der Waals surface area contributed by atoms with Gasteiger partial charge < -0.3 is 14.8 Å². The van der Waals surface area contributed by atoms with Crippen LogP contribution in [0.2, 0.25) is 5.02 Å². The molecule has 0 atom stereocenters. The predicted molar refractivity (Wildman–Crippen MR) is 128 cm³/mol. The maximum Gasteiger partial charge on any atom is 0.144 e. The molecule has 2 aromatic carbocycles. The van der Waals surface area contributed by atoms with Crippen molar-refractivity contribution in [2.45, 2.75) is 13.3 Å². The maximum atomic E-state index is 6.26. The average Bonchev–Trinajstić information content (AvgIpc) is 3.15. The van der Waals surface area contributed by atoms with E-state index in [2.05, 4.69) is 50.3 Å². The van der Waals surface area contributed by atoms with Crippen LogP contribution in [0.1, 0.15) is 11.8 Å². The summed E-state index contributed by atoms with van der Waals surface area (Å²) in [6.45, 7) is 2.15. The number of aromatic nitrogens is 2. The number of thiophene rings is 1. The highest BCUT2D eigenvalue weighted by atomic mass is 79.9. The second kappa shape index (κ2) is 8.79. The van der Waals surface area contributed by atoms with Gasteiger partial charge in [-0.2, -0.15) is 0 Å². The van der Waals surface area contributed by atoms with Crippen molar-refractivity contribution in [3.63, 3.8) is 0 Å². The van der Waals surface area contributed by atoms with Gasteiger partial charge in [-0.3, -0.25) is 0 Å². The summed E-state index contributed by atoms with van der Waals surface area (Å²) >= 11 is 11.5. The number of ether oxygens (including phenoxy) is 2. The smallest absolute Gasteiger partial charge is 0.144 e. The lowest BCUT2D eigenvalue weighted by Crippen LogP contribution is -1.99. The average molecular weight is 505 g/mol. The van der Waals surface area contributed by atoms with Crippen LogP contribution in [0, 0.1) is 0 Å². The van der Waals surface area contributed by atoms with Gasteiger partial charge in [-0.15, -0.1) is 11.3 Å². The summed E-state index contributed by atoms with van der Waals surface area (Å²) in [4.78, 5) is 11.3. The molecule has 0 aliphatic rings. The van der Waals surface area contributed by atoms with Crippen LogP contribution in [0.15, 0.2) is 47.2 Å². The van der Waals surface area contributed by atoms with Gasteiger partial charge in [0.1, 0.15) is 28.5 Å². The monoisotopic (exact) mass is 503 g/mol. The molecule has 4 aromatic rings. The van der Waals surface area contributed by atoms with E-state index in [4.69, 9.17) is 21.1 Å². The number of hydrogen-bond donors (Lipinski definition) is 1. The largest absolute Gasteiger partial charge is 0.495 e. The zero-order valence-corrected chi connectivity index (χ0v) is 19.8. The Morgan fingerprint density at radius 1 is 1.07 bits per heavy atom. The van der Waals surface area contributed by atoms with Crippen molar-refractivity contribution in [1.29, 1.82) is 0 Å². The first-order valence-electron chi connectivity index (χ1n) is 9.26. The summed E-state index contributed by atoms with van der Waals surface area (Å²) < 4.78 is 11.9. The third-order valence-electron chi connectivity index (χ3n) is 4.74. The first-order chi connectivity index (χ1) is 14.5. The molecule has 30 heavy (non-hydrogen) atoms. The zero-order chi connectivity index (χ0) is 21.3. The molecule has 0 saturated heterocycles. The van der Waals surface area contributed by atoms with Crippen molar-refractivity contribution in [2.75, 3.05) is 19.5 Å². The third-order valence-corrected chi connectivity index (χ3v) is 6.81. The van der Waals surface area contributed by atoms with E-state index in [1.165, 1.54) is 4.88 Å². The molecule has 0 unspecified atom stereocenters. The summed E-state index contributed by atoms with van der Waals surface area (Å²) in [5.41, 5.74) is 2.98. The number of anilines is 2. The summed E-state index contributed by atoms with van der Waals surface area (Å²) in [7, 11) is 3.18. The van der Waals surface area contributed by atoms with E-state index >= 15 is 0 Å². The number of nitrogens with zero attached hydrogens (tertiary/aromatic N) is 2. The zero-order valence-electron chi connectivity index (χ0n) is 16.6. The van der Waals surface area contributed by atoms with Crippen molar-refractivity contribution in [3.8, 4) is 22.6 Å². The Labute approximate surface area is 192 Å². The fourth-order valence-corrected chi connectivity index (χ4v) is 4.93. The molecule has 154 valence electrons. The first-order valence-corrected chi connectivity index (χ1v) is 11.2. The molecule has 0 aliphatic carbocycles. The Morgan fingerprint density at radius 2 is 1.80 bits per heavy atom. The number of rotatable bonds is 6. The van der Waals surface area contributed by atoms with Crippen LogP contribution < -0.4 is 14.8 Å². The highest BCUT2D eigenvalue weighted by Gasteiger charge is 2.19. The number of methoxy groups -OCH3 is 2. The number of halogens is 2. The summed E-state index contributed by atoms with van der Waals surface area (Å²) in [6, 6.07) is 11.8. The van der Waals surface area contributed by atoms with Crippen LogP contribution in [-0.4, -0.2) is 24.2 Å². The molecule has 2 heterocycles. The highest BCUT2D eigenvalue weighted by Crippen LogP contribution is 2.43. The van der Waals surface area contributed by atoms with E-state index in [1.54, 1.807) is 38.0 Å². The molecular formula is C22H19BrClN3O2S. The predicted octanol–water partition coefficient (Wildman–Crippen LogP) is 7.10. The second-order valence-electron chi connectivity index (χ2n) is 6.48. The Bertz CT molecular complexity index is 1210. The van der Waals surface area contributed by atoms with Crippen LogP contribution in [-0.2, 0) is 6.42 Å². The molecule has 0 fully saturated rings. The topological polar surface area (TPSA) is 56.3 Å². The van der Waals surface area contributed by atoms with Crippen LogP contribution in [0.25, 0.3) is 21.3 Å². The lowest BCUT2D eigenvalue weighted by Gasteiger charge is -2.14. The van der Waals surface area contributed by atoms with Gasteiger partial charge in [-0.05, 0) is 24.1 Å². The Hall–Kier alpha value is -2.35. The normalized spacial score (nSPS) is 11.0. The van der Waals surface area contributed by atoms with Gasteiger partial charge in [0.2, 0.25) is 0 Å². The summed E-state index contributed by atoms with van der Waals surface area (Å²) in [5, 5.41) is 4.87. The van der Waals surface area contributed by atoms with E-state index in [-0.39, 0.29) is 0 Å². The molecule has 1 N–H and O–H groups in total. The lowest BCUT2D eigenvalue weighted by atomic mass is 10.0. The van der Waals surface area contributed by atoms with Crippen molar-refractivity contribution in [1.82, 2.24) is 9.97 Å². The number of aryl methyl sites for hydroxylation is 1. The van der Waals surface area contributed by atoms with E-state index in [9.17, 15) is 0 Å². The minimum absolute atomic E-state index is 0.479. The lowest BCUT2D eigenvalue weighted by molar-refractivity contribution is 0.405. The number of hydrogen-bond acceptors (Lipinski definition) is 6. The minimum atomic E-state index is 0.479. The molecular weight excluding hydrogens is 486 g/mol. The van der Waals surface area contributed by atoms with Gasteiger partial charge >= 0.3 is 0 Å². The Kier molecular flexibility index (Phi) is 6.13. The molecule has 0 radical (unpaired) electrons. The SMILES string of the molecule is CCc1sc2ncnc(Nc3cc(OC)c(Cl)cc3OC)c2c1-c1ccc(Br)cc1. The second-order valence-corrected chi connectivity index (χ2v) is 8.88. The Balaban J connectivity index is 1.91. The van der Waals surface area contributed by atoms with E-state index < -0.39 is 0 Å². The van der Waals surface area contributed by atoms with E-state index in [1.807, 2.05) is 18.2 Å². The molecule has 0 saturated carbocycles. The molecule has 0 bridgehead atoms. The molecule has 8 heteroatoms. The van der Waals surface area contributed by atoms with Crippen LogP contribution >= 0.6 is 38.9 Å². The number of fused-ring (bicyclic) bond motifs is 1. The molecule has 0 amide bonds. The molecule has 5 nitrogen and oxygen atoms in total. The van der Waals surface area contributed by atoms with Crippen LogP contribution in [0.4, 0.5) is 11.5 Å². The third kappa shape index (κ3) is 3.85. The fraction of sp³-hybridized carbons (Fsp3) is 0.182. The first kappa shape index (κ1) is 20.9. The van der Waals surface area contributed by atoms with Crippen LogP contribution in [0.3, 0.4) is 0 Å². The van der Waals surface area contributed by atoms with Gasteiger partial charge in [0.15, 0.2) is 0 Å². The number of nitrogens with one attached hydrogen (secondary N) is 1. The van der Waals surface area contributed by atoms with E-state index in [0.717, 1.165) is 32.2 Å². The van der Waals surface area contributed by atoms with Gasteiger partial charge in [-0.25, -0.2) is 9.97 Å². The van der Waals surface area contributed by atoms with Crippen molar-refractivity contribution in [2.24, 2.45) is 0 Å². The Morgan fingerprint density at radius 3 is 2.47 bits per heavy atom. The van der Waals surface area contributed by atoms with Gasteiger partial charge in [0.25, 0.3) is 0 Å². The summed E-state index contributed by atoms with van der Waals surface area (Å²) in [6.07, 6.45) is 2.48. The highest BCUT2D eigenvalue weighted by molar-refractivity contribution is 9.10. The summed E-state index contributed by atoms with van der Waals surface area (Å²) in [5.74, 6) is 1.86. The minimum Gasteiger partial charge on any atom is -0.495 e. The molecule has 0 spiro atoms. The van der Waals surface area contributed by atoms with Crippen LogP contribution in [0.5, 0.6) is 11.5 Å².